The second-order valence-electron chi connectivity index (χ2n) is 5.69. The monoisotopic (exact) mass is 269 g/mol. The highest BCUT2D eigenvalue weighted by Crippen LogP contribution is 2.23. The van der Waals surface area contributed by atoms with Crippen LogP contribution in [0.5, 0.6) is 0 Å². The molecule has 3 nitrogen and oxygen atoms in total. The summed E-state index contributed by atoms with van der Waals surface area (Å²) in [7, 11) is 0. The molecule has 20 heavy (non-hydrogen) atoms. The molecule has 3 rings (SSSR count). The fraction of sp³-hybridized carbons (Fsp3) is 0.471. The van der Waals surface area contributed by atoms with Crippen molar-refractivity contribution in [2.75, 3.05) is 5.32 Å². The number of benzene rings is 1. The minimum atomic E-state index is 0.635. The smallest absolute Gasteiger partial charge is 0.0679 e. The molecule has 0 radical (unpaired) electrons. The maximum atomic E-state index is 4.30. The van der Waals surface area contributed by atoms with E-state index in [1.54, 1.807) is 0 Å². The van der Waals surface area contributed by atoms with Crippen molar-refractivity contribution in [3.63, 3.8) is 0 Å². The van der Waals surface area contributed by atoms with Gasteiger partial charge in [-0.05, 0) is 30.5 Å². The molecule has 1 aliphatic rings. The Labute approximate surface area is 121 Å². The average molecular weight is 269 g/mol. The molecule has 0 amide bonds. The van der Waals surface area contributed by atoms with Crippen molar-refractivity contribution < 1.29 is 0 Å². The molecule has 106 valence electrons. The van der Waals surface area contributed by atoms with Crippen LogP contribution in [0.3, 0.4) is 0 Å². The molecule has 3 heteroatoms. The van der Waals surface area contributed by atoms with Crippen LogP contribution in [0.2, 0.25) is 0 Å². The Morgan fingerprint density at radius 3 is 2.60 bits per heavy atom. The summed E-state index contributed by atoms with van der Waals surface area (Å²) in [5.41, 5.74) is 2.59. The zero-order chi connectivity index (χ0) is 13.6. The molecule has 1 N–H and O–H groups in total. The van der Waals surface area contributed by atoms with Crippen LogP contribution < -0.4 is 5.32 Å². The third-order valence-corrected chi connectivity index (χ3v) is 4.12. The molecule has 1 aromatic carbocycles. The summed E-state index contributed by atoms with van der Waals surface area (Å²) in [4.78, 5) is 0. The topological polar surface area (TPSA) is 29.9 Å². The van der Waals surface area contributed by atoms with Gasteiger partial charge in [0.2, 0.25) is 0 Å². The van der Waals surface area contributed by atoms with Gasteiger partial charge in [-0.1, -0.05) is 43.9 Å². The molecule has 1 saturated carbocycles. The van der Waals surface area contributed by atoms with Gasteiger partial charge in [-0.2, -0.15) is 5.10 Å². The number of aromatic nitrogens is 2. The molecule has 2 aromatic rings. The number of rotatable bonds is 4. The number of hydrogen-bond acceptors (Lipinski definition) is 2. The molecular formula is C17H23N3. The molecule has 0 bridgehead atoms. The predicted octanol–water partition coefficient (Wildman–Crippen LogP) is 4.07. The molecule has 1 aliphatic carbocycles. The molecular weight excluding hydrogens is 246 g/mol. The van der Waals surface area contributed by atoms with Crippen LogP contribution in [0.1, 0.15) is 44.1 Å². The van der Waals surface area contributed by atoms with Crippen LogP contribution in [-0.2, 0) is 6.54 Å². The summed E-state index contributed by atoms with van der Waals surface area (Å²) < 4.78 is 1.98. The van der Waals surface area contributed by atoms with E-state index in [4.69, 9.17) is 0 Å². The average Bonchev–Trinajstić information content (AvgIpc) is 2.84. The lowest BCUT2D eigenvalue weighted by molar-refractivity contribution is 0.617. The highest BCUT2D eigenvalue weighted by atomic mass is 15.3. The Morgan fingerprint density at radius 2 is 1.85 bits per heavy atom. The van der Waals surface area contributed by atoms with Crippen LogP contribution in [-0.4, -0.2) is 15.8 Å². The Hall–Kier alpha value is -1.77. The number of para-hydroxylation sites is 1. The van der Waals surface area contributed by atoms with Crippen molar-refractivity contribution in [2.24, 2.45) is 0 Å². The third-order valence-electron chi connectivity index (χ3n) is 4.12. The van der Waals surface area contributed by atoms with Gasteiger partial charge >= 0.3 is 0 Å². The number of anilines is 1. The Kier molecular flexibility index (Phi) is 4.36. The normalized spacial score (nSPS) is 16.8. The summed E-state index contributed by atoms with van der Waals surface area (Å²) in [5, 5.41) is 8.06. The SMILES string of the molecule is c1ccc(NC2CCCCCC2)c(Cn2cccn2)c1. The van der Waals surface area contributed by atoms with Gasteiger partial charge in [0.05, 0.1) is 6.54 Å². The molecule has 1 heterocycles. The summed E-state index contributed by atoms with van der Waals surface area (Å²) in [5.74, 6) is 0. The molecule has 0 spiro atoms. The van der Waals surface area contributed by atoms with Crippen LogP contribution in [0.4, 0.5) is 5.69 Å². The largest absolute Gasteiger partial charge is 0.382 e. The van der Waals surface area contributed by atoms with Crippen molar-refractivity contribution in [3.8, 4) is 0 Å². The van der Waals surface area contributed by atoms with Gasteiger partial charge in [0, 0.05) is 24.1 Å². The number of nitrogens with zero attached hydrogens (tertiary/aromatic N) is 2. The highest BCUT2D eigenvalue weighted by molar-refractivity contribution is 5.51. The van der Waals surface area contributed by atoms with Gasteiger partial charge in [-0.3, -0.25) is 4.68 Å². The third kappa shape index (κ3) is 3.41. The van der Waals surface area contributed by atoms with E-state index in [0.29, 0.717) is 6.04 Å². The van der Waals surface area contributed by atoms with Gasteiger partial charge in [0.25, 0.3) is 0 Å². The van der Waals surface area contributed by atoms with Gasteiger partial charge < -0.3 is 5.32 Å². The van der Waals surface area contributed by atoms with Crippen molar-refractivity contribution in [2.45, 2.75) is 51.1 Å². The first-order valence-corrected chi connectivity index (χ1v) is 7.74. The van der Waals surface area contributed by atoms with E-state index in [1.165, 1.54) is 49.8 Å². The van der Waals surface area contributed by atoms with Crippen molar-refractivity contribution in [1.29, 1.82) is 0 Å². The minimum Gasteiger partial charge on any atom is -0.382 e. The lowest BCUT2D eigenvalue weighted by atomic mass is 10.1. The van der Waals surface area contributed by atoms with Crippen LogP contribution >= 0.6 is 0 Å². The van der Waals surface area contributed by atoms with Crippen molar-refractivity contribution in [1.82, 2.24) is 9.78 Å². The second-order valence-corrected chi connectivity index (χ2v) is 5.69. The molecule has 0 unspecified atom stereocenters. The first-order chi connectivity index (χ1) is 9.92. The molecule has 1 aromatic heterocycles. The van der Waals surface area contributed by atoms with E-state index in [1.807, 2.05) is 23.1 Å². The van der Waals surface area contributed by atoms with Crippen LogP contribution in [0.15, 0.2) is 42.7 Å². The summed E-state index contributed by atoms with van der Waals surface area (Å²) in [6.07, 6.45) is 12.0. The van der Waals surface area contributed by atoms with Crippen LogP contribution in [0.25, 0.3) is 0 Å². The second kappa shape index (κ2) is 6.60. The van der Waals surface area contributed by atoms with Crippen molar-refractivity contribution in [3.05, 3.63) is 48.3 Å². The molecule has 0 atom stereocenters. The van der Waals surface area contributed by atoms with E-state index in [9.17, 15) is 0 Å². The van der Waals surface area contributed by atoms with Gasteiger partial charge in [-0.15, -0.1) is 0 Å². The van der Waals surface area contributed by atoms with Crippen molar-refractivity contribution >= 4 is 5.69 Å². The van der Waals surface area contributed by atoms with Gasteiger partial charge in [-0.25, -0.2) is 0 Å². The first kappa shape index (κ1) is 13.2. The number of hydrogen-bond donors (Lipinski definition) is 1. The maximum Gasteiger partial charge on any atom is 0.0679 e. The van der Waals surface area contributed by atoms with E-state index in [2.05, 4.69) is 34.7 Å². The van der Waals surface area contributed by atoms with Gasteiger partial charge in [0.15, 0.2) is 0 Å². The predicted molar refractivity (Wildman–Crippen MR) is 82.9 cm³/mol. The summed E-state index contributed by atoms with van der Waals surface area (Å²) in [6, 6.07) is 11.2. The summed E-state index contributed by atoms with van der Waals surface area (Å²) in [6.45, 7) is 0.836. The first-order valence-electron chi connectivity index (χ1n) is 7.74. The summed E-state index contributed by atoms with van der Waals surface area (Å²) >= 11 is 0. The van der Waals surface area contributed by atoms with E-state index >= 15 is 0 Å². The quantitative estimate of drug-likeness (QED) is 0.848. The molecule has 1 fully saturated rings. The standard InChI is InChI=1S/C17H23N3/c1-2-4-10-16(9-3-1)19-17-11-6-5-8-15(17)14-20-13-7-12-18-20/h5-8,11-13,16,19H,1-4,9-10,14H2. The Balaban J connectivity index is 1.71. The lowest BCUT2D eigenvalue weighted by Crippen LogP contribution is -2.19. The van der Waals surface area contributed by atoms with E-state index < -0.39 is 0 Å². The fourth-order valence-corrected chi connectivity index (χ4v) is 3.01. The Morgan fingerprint density at radius 1 is 1.05 bits per heavy atom. The maximum absolute atomic E-state index is 4.30. The van der Waals surface area contributed by atoms with Gasteiger partial charge in [0.1, 0.15) is 0 Å². The zero-order valence-electron chi connectivity index (χ0n) is 12.0. The van der Waals surface area contributed by atoms with Crippen LogP contribution in [0, 0.1) is 0 Å². The zero-order valence-corrected chi connectivity index (χ0v) is 12.0. The highest BCUT2D eigenvalue weighted by Gasteiger charge is 2.13. The minimum absolute atomic E-state index is 0.635. The number of nitrogens with one attached hydrogen (secondary N) is 1. The fourth-order valence-electron chi connectivity index (χ4n) is 3.01. The molecule has 0 saturated heterocycles. The van der Waals surface area contributed by atoms with E-state index in [0.717, 1.165) is 6.54 Å². The van der Waals surface area contributed by atoms with E-state index in [-0.39, 0.29) is 0 Å². The Bertz CT molecular complexity index is 511. The molecule has 0 aliphatic heterocycles. The lowest BCUT2D eigenvalue weighted by Gasteiger charge is -2.20.